The molecule has 18 heavy (non-hydrogen) atoms. The smallest absolute Gasteiger partial charge is 0.270 e. The van der Waals surface area contributed by atoms with Gasteiger partial charge in [0.25, 0.3) is 5.69 Å². The molecule has 0 bridgehead atoms. The molecule has 0 amide bonds. The van der Waals surface area contributed by atoms with E-state index in [1.807, 2.05) is 19.2 Å². The minimum Gasteiger partial charge on any atom is -0.319 e. The lowest BCUT2D eigenvalue weighted by Crippen LogP contribution is -2.05. The normalized spacial score (nSPS) is 11.4. The second kappa shape index (κ2) is 5.42. The lowest BCUT2D eigenvalue weighted by molar-refractivity contribution is -0.384. The summed E-state index contributed by atoms with van der Waals surface area (Å²) in [5, 5.41) is 21.5. The maximum Gasteiger partial charge on any atom is 0.270 e. The molecule has 2 rings (SSSR count). The first-order valence-electron chi connectivity index (χ1n) is 5.66. The highest BCUT2D eigenvalue weighted by Gasteiger charge is 2.09. The number of H-pyrrole nitrogens is 1. The van der Waals surface area contributed by atoms with Gasteiger partial charge in [0, 0.05) is 17.5 Å². The van der Waals surface area contributed by atoms with Gasteiger partial charge in [0.15, 0.2) is 0 Å². The second-order valence-electron chi connectivity index (χ2n) is 3.89. The first-order chi connectivity index (χ1) is 8.72. The Morgan fingerprint density at radius 3 is 3.11 bits per heavy atom. The number of hydrogen-bond donors (Lipinski definition) is 2. The Morgan fingerprint density at radius 2 is 2.39 bits per heavy atom. The van der Waals surface area contributed by atoms with Gasteiger partial charge in [-0.25, -0.2) is 0 Å². The Bertz CT molecular complexity index is 589. The molecule has 0 aliphatic heterocycles. The van der Waals surface area contributed by atoms with Gasteiger partial charge in [-0.1, -0.05) is 6.08 Å². The quantitative estimate of drug-likeness (QED) is 0.480. The molecule has 0 saturated heterocycles. The van der Waals surface area contributed by atoms with Crippen molar-refractivity contribution in [2.45, 2.75) is 6.42 Å². The zero-order valence-electron chi connectivity index (χ0n) is 10.0. The van der Waals surface area contributed by atoms with E-state index < -0.39 is 4.92 Å². The highest BCUT2D eigenvalue weighted by molar-refractivity contribution is 5.88. The standard InChI is InChI=1S/C12H14N4O2/c1-13-7-3-2-4-11-10-8-9(16(17)18)5-6-12(10)15-14-11/h2,4-6,8,13H,3,7H2,1H3,(H,14,15). The van der Waals surface area contributed by atoms with E-state index in [-0.39, 0.29) is 5.69 Å². The van der Waals surface area contributed by atoms with Gasteiger partial charge in [-0.05, 0) is 32.2 Å². The molecule has 0 saturated carbocycles. The van der Waals surface area contributed by atoms with Crippen LogP contribution in [0.4, 0.5) is 5.69 Å². The van der Waals surface area contributed by atoms with E-state index in [0.717, 1.165) is 29.6 Å². The zero-order chi connectivity index (χ0) is 13.0. The Labute approximate surface area is 104 Å². The fourth-order valence-corrected chi connectivity index (χ4v) is 1.69. The van der Waals surface area contributed by atoms with Gasteiger partial charge in [-0.15, -0.1) is 0 Å². The molecule has 2 aromatic rings. The molecule has 0 aliphatic rings. The summed E-state index contributed by atoms with van der Waals surface area (Å²) < 4.78 is 0. The minimum absolute atomic E-state index is 0.0776. The van der Waals surface area contributed by atoms with Crippen molar-refractivity contribution in [1.82, 2.24) is 15.5 Å². The van der Waals surface area contributed by atoms with Crippen LogP contribution in [0.1, 0.15) is 12.1 Å². The summed E-state index contributed by atoms with van der Waals surface area (Å²) in [6.45, 7) is 0.892. The molecule has 6 heteroatoms. The van der Waals surface area contributed by atoms with E-state index in [9.17, 15) is 10.1 Å². The van der Waals surface area contributed by atoms with Crippen LogP contribution in [0.15, 0.2) is 24.3 Å². The van der Waals surface area contributed by atoms with E-state index in [0.29, 0.717) is 0 Å². The van der Waals surface area contributed by atoms with Gasteiger partial charge in [-0.3, -0.25) is 15.2 Å². The van der Waals surface area contributed by atoms with Crippen molar-refractivity contribution in [2.24, 2.45) is 0 Å². The fourth-order valence-electron chi connectivity index (χ4n) is 1.69. The number of benzene rings is 1. The highest BCUT2D eigenvalue weighted by Crippen LogP contribution is 2.22. The SMILES string of the molecule is CNCCC=Cc1[nH]nc2ccc([N+](=O)[O-])cc12. The number of aromatic amines is 1. The van der Waals surface area contributed by atoms with Gasteiger partial charge < -0.3 is 5.32 Å². The van der Waals surface area contributed by atoms with E-state index >= 15 is 0 Å². The third-order valence-corrected chi connectivity index (χ3v) is 2.62. The molecule has 0 aliphatic carbocycles. The van der Waals surface area contributed by atoms with Crippen LogP contribution in [0.25, 0.3) is 17.0 Å². The number of nitro groups is 1. The number of nitrogens with one attached hydrogen (secondary N) is 2. The number of hydrogen-bond acceptors (Lipinski definition) is 4. The predicted molar refractivity (Wildman–Crippen MR) is 70.3 cm³/mol. The molecule has 2 N–H and O–H groups in total. The van der Waals surface area contributed by atoms with Gasteiger partial charge in [0.1, 0.15) is 0 Å². The molecule has 6 nitrogen and oxygen atoms in total. The maximum absolute atomic E-state index is 10.7. The van der Waals surface area contributed by atoms with Gasteiger partial charge in [-0.2, -0.15) is 5.10 Å². The van der Waals surface area contributed by atoms with E-state index in [1.165, 1.54) is 12.1 Å². The van der Waals surface area contributed by atoms with Crippen LogP contribution >= 0.6 is 0 Å². The molecular formula is C12H14N4O2. The number of rotatable bonds is 5. The van der Waals surface area contributed by atoms with Gasteiger partial charge in [0.2, 0.25) is 0 Å². The first kappa shape index (κ1) is 12.3. The number of aromatic nitrogens is 2. The van der Waals surface area contributed by atoms with Crippen molar-refractivity contribution in [2.75, 3.05) is 13.6 Å². The number of nitro benzene ring substituents is 1. The summed E-state index contributed by atoms with van der Waals surface area (Å²) in [5.41, 5.74) is 1.60. The molecule has 0 unspecified atom stereocenters. The first-order valence-corrected chi connectivity index (χ1v) is 5.66. The third-order valence-electron chi connectivity index (χ3n) is 2.62. The van der Waals surface area contributed by atoms with E-state index in [4.69, 9.17) is 0 Å². The Morgan fingerprint density at radius 1 is 1.56 bits per heavy atom. The van der Waals surface area contributed by atoms with Crippen LogP contribution in [-0.2, 0) is 0 Å². The molecule has 1 heterocycles. The molecule has 1 aromatic heterocycles. The molecule has 0 radical (unpaired) electrons. The van der Waals surface area contributed by atoms with Crippen molar-refractivity contribution in [3.8, 4) is 0 Å². The number of non-ortho nitro benzene ring substituents is 1. The van der Waals surface area contributed by atoms with Crippen molar-refractivity contribution in [3.63, 3.8) is 0 Å². The van der Waals surface area contributed by atoms with Crippen molar-refractivity contribution in [1.29, 1.82) is 0 Å². The molecular weight excluding hydrogens is 232 g/mol. The summed E-state index contributed by atoms with van der Waals surface area (Å²) in [6, 6.07) is 4.64. The largest absolute Gasteiger partial charge is 0.319 e. The number of fused-ring (bicyclic) bond motifs is 1. The molecule has 0 fully saturated rings. The van der Waals surface area contributed by atoms with Crippen molar-refractivity contribution >= 4 is 22.7 Å². The van der Waals surface area contributed by atoms with Gasteiger partial charge >= 0.3 is 0 Å². The minimum atomic E-state index is -0.402. The Kier molecular flexibility index (Phi) is 3.69. The lowest BCUT2D eigenvalue weighted by atomic mass is 10.2. The predicted octanol–water partition coefficient (Wildman–Crippen LogP) is 2.09. The number of nitrogens with zero attached hydrogens (tertiary/aromatic N) is 2. The average molecular weight is 246 g/mol. The maximum atomic E-state index is 10.7. The molecule has 0 spiro atoms. The van der Waals surface area contributed by atoms with Crippen LogP contribution in [0.3, 0.4) is 0 Å². The summed E-state index contributed by atoms with van der Waals surface area (Å²) in [5.74, 6) is 0. The second-order valence-corrected chi connectivity index (χ2v) is 3.89. The molecule has 1 aromatic carbocycles. The Hall–Kier alpha value is -2.21. The zero-order valence-corrected chi connectivity index (χ0v) is 10.0. The van der Waals surface area contributed by atoms with Gasteiger partial charge in [0.05, 0.1) is 16.1 Å². The van der Waals surface area contributed by atoms with Crippen LogP contribution in [0, 0.1) is 10.1 Å². The van der Waals surface area contributed by atoms with Crippen LogP contribution in [0.5, 0.6) is 0 Å². The molecule has 94 valence electrons. The summed E-state index contributed by atoms with van der Waals surface area (Å²) in [7, 11) is 1.89. The topological polar surface area (TPSA) is 83.8 Å². The van der Waals surface area contributed by atoms with Crippen LogP contribution in [0.2, 0.25) is 0 Å². The summed E-state index contributed by atoms with van der Waals surface area (Å²) in [4.78, 5) is 10.3. The monoisotopic (exact) mass is 246 g/mol. The summed E-state index contributed by atoms with van der Waals surface area (Å²) >= 11 is 0. The van der Waals surface area contributed by atoms with Crippen molar-refractivity contribution < 1.29 is 4.92 Å². The van der Waals surface area contributed by atoms with E-state index in [2.05, 4.69) is 15.5 Å². The fraction of sp³-hybridized carbons (Fsp3) is 0.250. The molecule has 0 atom stereocenters. The van der Waals surface area contributed by atoms with E-state index in [1.54, 1.807) is 6.07 Å². The average Bonchev–Trinajstić information content (AvgIpc) is 2.77. The van der Waals surface area contributed by atoms with Crippen LogP contribution < -0.4 is 5.32 Å². The summed E-state index contributed by atoms with van der Waals surface area (Å²) in [6.07, 6.45) is 4.80. The Balaban J connectivity index is 2.30. The third kappa shape index (κ3) is 2.54. The van der Waals surface area contributed by atoms with Crippen LogP contribution in [-0.4, -0.2) is 28.7 Å². The highest BCUT2D eigenvalue weighted by atomic mass is 16.6. The lowest BCUT2D eigenvalue weighted by Gasteiger charge is -1.93. The van der Waals surface area contributed by atoms with Crippen molar-refractivity contribution in [3.05, 3.63) is 40.1 Å².